The number of piperidine rings is 1. The number of nitrogens with zero attached hydrogens (tertiary/aromatic N) is 2. The third-order valence-electron chi connectivity index (χ3n) is 5.18. The monoisotopic (exact) mass is 566 g/mol. The van der Waals surface area contributed by atoms with Gasteiger partial charge < -0.3 is 15.4 Å². The minimum atomic E-state index is -3.39. The summed E-state index contributed by atoms with van der Waals surface area (Å²) >= 11 is 0. The predicted molar refractivity (Wildman–Crippen MR) is 138 cm³/mol. The highest BCUT2D eigenvalue weighted by Gasteiger charge is 2.29. The van der Waals surface area contributed by atoms with E-state index in [1.54, 1.807) is 28.6 Å². The lowest BCUT2D eigenvalue weighted by atomic mass is 9.98. The van der Waals surface area contributed by atoms with Gasteiger partial charge in [0.05, 0.1) is 11.5 Å². The van der Waals surface area contributed by atoms with Crippen LogP contribution in [0.25, 0.3) is 0 Å². The van der Waals surface area contributed by atoms with Crippen LogP contribution in [0, 0.1) is 11.8 Å². The highest BCUT2D eigenvalue weighted by Crippen LogP contribution is 2.23. The second-order valence-electron chi connectivity index (χ2n) is 8.10. The van der Waals surface area contributed by atoms with Crippen LogP contribution in [-0.4, -0.2) is 64.6 Å². The number of nitrogens with one attached hydrogen (secondary N) is 2. The van der Waals surface area contributed by atoms with Crippen molar-refractivity contribution < 1.29 is 13.2 Å². The van der Waals surface area contributed by atoms with E-state index in [1.165, 1.54) is 0 Å². The highest BCUT2D eigenvalue weighted by atomic mass is 127. The van der Waals surface area contributed by atoms with Gasteiger partial charge in [0.25, 0.3) is 0 Å². The molecule has 0 saturated carbocycles. The van der Waals surface area contributed by atoms with Gasteiger partial charge in [0.15, 0.2) is 5.96 Å². The first-order valence-corrected chi connectivity index (χ1v) is 12.5. The van der Waals surface area contributed by atoms with E-state index in [4.69, 9.17) is 9.73 Å². The third-order valence-corrected chi connectivity index (χ3v) is 7.10. The lowest BCUT2D eigenvalue weighted by Crippen LogP contribution is -2.41. The lowest BCUT2D eigenvalue weighted by Gasteiger charge is -2.30. The summed E-state index contributed by atoms with van der Waals surface area (Å²) in [6.07, 6.45) is 2.73. The first-order valence-electron chi connectivity index (χ1n) is 11.1. The van der Waals surface area contributed by atoms with Crippen LogP contribution in [0.1, 0.15) is 40.0 Å². The van der Waals surface area contributed by atoms with E-state index in [-0.39, 0.29) is 24.0 Å². The molecule has 2 rings (SSSR count). The summed E-state index contributed by atoms with van der Waals surface area (Å²) < 4.78 is 32.7. The van der Waals surface area contributed by atoms with Crippen molar-refractivity contribution >= 4 is 40.0 Å². The Morgan fingerprint density at radius 1 is 1.16 bits per heavy atom. The zero-order chi connectivity index (χ0) is 21.8. The second-order valence-corrected chi connectivity index (χ2v) is 10.0. The molecule has 31 heavy (non-hydrogen) atoms. The average Bonchev–Trinajstić information content (AvgIpc) is 2.75. The quantitative estimate of drug-likeness (QED) is 0.186. The smallest absolute Gasteiger partial charge is 0.243 e. The predicted octanol–water partition coefficient (Wildman–Crippen LogP) is 3.32. The SMILES string of the molecule is CCNC(=NCC1CCN(S(=O)(=O)c2ccccc2)CC1)NCCOCCC(C)C.I. The van der Waals surface area contributed by atoms with Crippen molar-refractivity contribution in [2.45, 2.75) is 44.9 Å². The van der Waals surface area contributed by atoms with Crippen LogP contribution in [0.15, 0.2) is 40.2 Å². The number of sulfonamides is 1. The molecule has 178 valence electrons. The zero-order valence-electron chi connectivity index (χ0n) is 19.0. The minimum Gasteiger partial charge on any atom is -0.380 e. The van der Waals surface area contributed by atoms with Gasteiger partial charge in [-0.1, -0.05) is 32.0 Å². The molecule has 0 aliphatic carbocycles. The first-order chi connectivity index (χ1) is 14.4. The minimum absolute atomic E-state index is 0. The number of benzene rings is 1. The van der Waals surface area contributed by atoms with Crippen LogP contribution >= 0.6 is 24.0 Å². The number of guanidine groups is 1. The summed E-state index contributed by atoms with van der Waals surface area (Å²) in [5.74, 6) is 1.85. The Balaban J connectivity index is 0.00000480. The summed E-state index contributed by atoms with van der Waals surface area (Å²) in [5, 5.41) is 6.57. The van der Waals surface area contributed by atoms with Gasteiger partial charge in [-0.25, -0.2) is 8.42 Å². The van der Waals surface area contributed by atoms with Gasteiger partial charge >= 0.3 is 0 Å². The molecule has 1 aromatic rings. The van der Waals surface area contributed by atoms with E-state index < -0.39 is 10.0 Å². The molecule has 0 unspecified atom stereocenters. The largest absolute Gasteiger partial charge is 0.380 e. The summed E-state index contributed by atoms with van der Waals surface area (Å²) in [6.45, 7) is 11.2. The summed E-state index contributed by atoms with van der Waals surface area (Å²) in [5.41, 5.74) is 0. The van der Waals surface area contributed by atoms with Crippen molar-refractivity contribution in [2.75, 3.05) is 45.9 Å². The molecule has 1 fully saturated rings. The molecule has 0 aromatic heterocycles. The maximum atomic E-state index is 12.7. The van der Waals surface area contributed by atoms with Gasteiger partial charge in [-0.15, -0.1) is 24.0 Å². The molecule has 9 heteroatoms. The van der Waals surface area contributed by atoms with Gasteiger partial charge in [-0.05, 0) is 50.2 Å². The first kappa shape index (κ1) is 28.1. The van der Waals surface area contributed by atoms with Gasteiger partial charge in [-0.2, -0.15) is 4.31 Å². The Bertz CT molecular complexity index is 736. The van der Waals surface area contributed by atoms with Gasteiger partial charge in [0.2, 0.25) is 10.0 Å². The van der Waals surface area contributed by atoms with Crippen LogP contribution in [0.5, 0.6) is 0 Å². The molecule has 7 nitrogen and oxygen atoms in total. The van der Waals surface area contributed by atoms with Gasteiger partial charge in [-0.3, -0.25) is 4.99 Å². The van der Waals surface area contributed by atoms with E-state index in [9.17, 15) is 8.42 Å². The molecule has 2 N–H and O–H groups in total. The maximum Gasteiger partial charge on any atom is 0.243 e. The van der Waals surface area contributed by atoms with Crippen LogP contribution in [-0.2, 0) is 14.8 Å². The van der Waals surface area contributed by atoms with E-state index in [0.29, 0.717) is 43.0 Å². The molecule has 0 atom stereocenters. The number of hydrogen-bond acceptors (Lipinski definition) is 4. The molecule has 1 saturated heterocycles. The summed E-state index contributed by atoms with van der Waals surface area (Å²) in [4.78, 5) is 5.07. The Labute approximate surface area is 205 Å². The Morgan fingerprint density at radius 2 is 1.84 bits per heavy atom. The molecule has 1 aromatic carbocycles. The fourth-order valence-electron chi connectivity index (χ4n) is 3.30. The lowest BCUT2D eigenvalue weighted by molar-refractivity contribution is 0.128. The summed E-state index contributed by atoms with van der Waals surface area (Å²) in [7, 11) is -3.39. The number of hydrogen-bond donors (Lipinski definition) is 2. The zero-order valence-corrected chi connectivity index (χ0v) is 22.2. The average molecular weight is 567 g/mol. The maximum absolute atomic E-state index is 12.7. The fourth-order valence-corrected chi connectivity index (χ4v) is 4.79. The number of ether oxygens (including phenoxy) is 1. The second kappa shape index (κ2) is 15.0. The van der Waals surface area contributed by atoms with Gasteiger partial charge in [0.1, 0.15) is 0 Å². The van der Waals surface area contributed by atoms with E-state index >= 15 is 0 Å². The molecular weight excluding hydrogens is 527 g/mol. The molecule has 0 spiro atoms. The Kier molecular flexibility index (Phi) is 13.6. The van der Waals surface area contributed by atoms with Crippen molar-refractivity contribution in [1.82, 2.24) is 14.9 Å². The molecule has 1 heterocycles. The van der Waals surface area contributed by atoms with Crippen LogP contribution < -0.4 is 10.6 Å². The molecule has 0 amide bonds. The fraction of sp³-hybridized carbons (Fsp3) is 0.682. The van der Waals surface area contributed by atoms with Crippen molar-refractivity contribution in [2.24, 2.45) is 16.8 Å². The third kappa shape index (κ3) is 10.0. The van der Waals surface area contributed by atoms with Crippen LogP contribution in [0.4, 0.5) is 0 Å². The molecule has 0 radical (unpaired) electrons. The van der Waals surface area contributed by atoms with Crippen molar-refractivity contribution in [3.05, 3.63) is 30.3 Å². The van der Waals surface area contributed by atoms with E-state index in [2.05, 4.69) is 24.5 Å². The van der Waals surface area contributed by atoms with Crippen molar-refractivity contribution in [3.63, 3.8) is 0 Å². The van der Waals surface area contributed by atoms with Gasteiger partial charge in [0, 0.05) is 39.3 Å². The van der Waals surface area contributed by atoms with Crippen LogP contribution in [0.2, 0.25) is 0 Å². The highest BCUT2D eigenvalue weighted by molar-refractivity contribution is 14.0. The Hall–Kier alpha value is -0.910. The van der Waals surface area contributed by atoms with E-state index in [1.807, 2.05) is 13.0 Å². The molecule has 0 bridgehead atoms. The van der Waals surface area contributed by atoms with Crippen LogP contribution in [0.3, 0.4) is 0 Å². The molecule has 1 aliphatic heterocycles. The van der Waals surface area contributed by atoms with Crippen molar-refractivity contribution in [3.8, 4) is 0 Å². The summed E-state index contributed by atoms with van der Waals surface area (Å²) in [6, 6.07) is 8.67. The number of rotatable bonds is 11. The Morgan fingerprint density at radius 3 is 2.45 bits per heavy atom. The topological polar surface area (TPSA) is 83.0 Å². The van der Waals surface area contributed by atoms with E-state index in [0.717, 1.165) is 44.9 Å². The van der Waals surface area contributed by atoms with Crippen molar-refractivity contribution in [1.29, 1.82) is 0 Å². The standard InChI is InChI=1S/C22H38N4O3S.HI/c1-4-23-22(24-13-17-29-16-12-19(2)3)25-18-20-10-14-26(15-11-20)30(27,28)21-8-6-5-7-9-21;/h5-9,19-20H,4,10-18H2,1-3H3,(H2,23,24,25);1H. The molecular formula is C22H39IN4O3S. The normalized spacial score (nSPS) is 16.2. The molecule has 1 aliphatic rings. The number of aliphatic imine (C=N–C) groups is 1. The number of halogens is 1.